The van der Waals surface area contributed by atoms with Crippen molar-refractivity contribution in [2.75, 3.05) is 12.0 Å². The van der Waals surface area contributed by atoms with E-state index in [1.807, 2.05) is 49.4 Å². The highest BCUT2D eigenvalue weighted by Gasteiger charge is 2.48. The fourth-order valence-electron chi connectivity index (χ4n) is 4.46. The highest BCUT2D eigenvalue weighted by molar-refractivity contribution is 7.22. The first-order valence-electron chi connectivity index (χ1n) is 11.7. The van der Waals surface area contributed by atoms with Crippen LogP contribution in [0, 0.1) is 6.92 Å². The number of ketones is 1. The Kier molecular flexibility index (Phi) is 6.10. The quantitative estimate of drug-likeness (QED) is 0.197. The number of aromatic nitrogens is 1. The standard InChI is InChI=1S/C29H26N2O4S/c1-16(2)18-9-11-19(12-10-18)25-24(26(32)20-6-5-7-21(15-20)35-4)27(33)28(34)31(25)29-30-22-13-8-17(3)14-23(22)36-29/h5-16,25,32H,1-4H3. The molecule has 4 aromatic rings. The molecule has 1 fully saturated rings. The second kappa shape index (κ2) is 9.24. The number of hydrogen-bond acceptors (Lipinski definition) is 6. The smallest absolute Gasteiger partial charge is 0.301 e. The maximum atomic E-state index is 13.5. The van der Waals surface area contributed by atoms with E-state index in [0.717, 1.165) is 26.9 Å². The van der Waals surface area contributed by atoms with Gasteiger partial charge in [0.1, 0.15) is 11.5 Å². The molecule has 0 spiro atoms. The van der Waals surface area contributed by atoms with Gasteiger partial charge in [-0.2, -0.15) is 0 Å². The molecule has 1 aromatic heterocycles. The Labute approximate surface area is 213 Å². The number of thiazole rings is 1. The summed E-state index contributed by atoms with van der Waals surface area (Å²) in [6.45, 7) is 6.20. The van der Waals surface area contributed by atoms with Gasteiger partial charge < -0.3 is 9.84 Å². The second-order valence-corrected chi connectivity index (χ2v) is 10.2. The Balaban J connectivity index is 1.72. The topological polar surface area (TPSA) is 79.7 Å². The lowest BCUT2D eigenvalue weighted by molar-refractivity contribution is -0.132. The minimum atomic E-state index is -0.820. The van der Waals surface area contributed by atoms with E-state index in [0.29, 0.717) is 22.4 Å². The largest absolute Gasteiger partial charge is 0.507 e. The molecule has 0 aliphatic carbocycles. The molecule has 0 radical (unpaired) electrons. The van der Waals surface area contributed by atoms with Crippen LogP contribution in [-0.4, -0.2) is 28.9 Å². The van der Waals surface area contributed by atoms with Crippen molar-refractivity contribution < 1.29 is 19.4 Å². The molecule has 1 saturated heterocycles. The van der Waals surface area contributed by atoms with Gasteiger partial charge in [-0.1, -0.05) is 67.6 Å². The van der Waals surface area contributed by atoms with Gasteiger partial charge in [0.25, 0.3) is 5.78 Å². The number of benzene rings is 3. The summed E-state index contributed by atoms with van der Waals surface area (Å²) in [6.07, 6.45) is 0. The van der Waals surface area contributed by atoms with Gasteiger partial charge in [0.2, 0.25) is 0 Å². The number of rotatable bonds is 5. The van der Waals surface area contributed by atoms with Crippen LogP contribution in [0.4, 0.5) is 5.13 Å². The van der Waals surface area contributed by atoms with Gasteiger partial charge in [-0.3, -0.25) is 14.5 Å². The fourth-order valence-corrected chi connectivity index (χ4v) is 5.55. The summed E-state index contributed by atoms with van der Waals surface area (Å²) in [5.41, 5.74) is 4.12. The highest BCUT2D eigenvalue weighted by Crippen LogP contribution is 2.44. The Morgan fingerprint density at radius 3 is 2.50 bits per heavy atom. The van der Waals surface area contributed by atoms with Crippen molar-refractivity contribution in [3.63, 3.8) is 0 Å². The number of amides is 1. The van der Waals surface area contributed by atoms with Crippen molar-refractivity contribution >= 4 is 44.1 Å². The summed E-state index contributed by atoms with van der Waals surface area (Å²) in [4.78, 5) is 33.0. The third-order valence-corrected chi connectivity index (χ3v) is 7.46. The third kappa shape index (κ3) is 4.05. The van der Waals surface area contributed by atoms with Gasteiger partial charge in [0.05, 0.1) is 28.9 Å². The van der Waals surface area contributed by atoms with Crippen molar-refractivity contribution in [2.45, 2.75) is 32.7 Å². The highest BCUT2D eigenvalue weighted by atomic mass is 32.1. The molecule has 6 nitrogen and oxygen atoms in total. The Hall–Kier alpha value is -3.97. The molecule has 0 bridgehead atoms. The van der Waals surface area contributed by atoms with Gasteiger partial charge in [-0.25, -0.2) is 4.98 Å². The molecule has 0 saturated carbocycles. The zero-order chi connectivity index (χ0) is 25.6. The van der Waals surface area contributed by atoms with Crippen LogP contribution in [0.25, 0.3) is 16.0 Å². The van der Waals surface area contributed by atoms with Gasteiger partial charge in [-0.15, -0.1) is 0 Å². The van der Waals surface area contributed by atoms with E-state index in [9.17, 15) is 14.7 Å². The molecule has 36 heavy (non-hydrogen) atoms. The molecule has 1 N–H and O–H groups in total. The molecule has 1 unspecified atom stereocenters. The van der Waals surface area contributed by atoms with Crippen molar-refractivity contribution in [1.29, 1.82) is 0 Å². The van der Waals surface area contributed by atoms with Crippen molar-refractivity contribution in [3.8, 4) is 5.75 Å². The van der Waals surface area contributed by atoms with Crippen LogP contribution in [0.3, 0.4) is 0 Å². The van der Waals surface area contributed by atoms with Crippen molar-refractivity contribution in [1.82, 2.24) is 4.98 Å². The number of aliphatic hydroxyl groups is 1. The zero-order valence-corrected chi connectivity index (χ0v) is 21.3. The van der Waals surface area contributed by atoms with Gasteiger partial charge >= 0.3 is 5.91 Å². The maximum Gasteiger partial charge on any atom is 0.301 e. The summed E-state index contributed by atoms with van der Waals surface area (Å²) >= 11 is 1.35. The molecule has 2 heterocycles. The van der Waals surface area contributed by atoms with Crippen LogP contribution < -0.4 is 9.64 Å². The Morgan fingerprint density at radius 2 is 1.81 bits per heavy atom. The number of aliphatic hydroxyl groups excluding tert-OH is 1. The predicted molar refractivity (Wildman–Crippen MR) is 143 cm³/mol. The number of carbonyl (C=O) groups is 2. The van der Waals surface area contributed by atoms with Crippen molar-refractivity contribution in [2.24, 2.45) is 0 Å². The average molecular weight is 499 g/mol. The number of methoxy groups -OCH3 is 1. The first-order chi connectivity index (χ1) is 17.3. The zero-order valence-electron chi connectivity index (χ0n) is 20.5. The van der Waals surface area contributed by atoms with Gasteiger partial charge in [0, 0.05) is 5.56 Å². The lowest BCUT2D eigenvalue weighted by Crippen LogP contribution is -2.29. The summed E-state index contributed by atoms with van der Waals surface area (Å²) in [6, 6.07) is 19.7. The van der Waals surface area contributed by atoms with E-state index >= 15 is 0 Å². The van der Waals surface area contributed by atoms with E-state index in [1.165, 1.54) is 23.3 Å². The summed E-state index contributed by atoms with van der Waals surface area (Å²) < 4.78 is 6.22. The summed E-state index contributed by atoms with van der Waals surface area (Å²) in [5, 5.41) is 11.8. The minimum absolute atomic E-state index is 0.0287. The normalized spacial score (nSPS) is 17.4. The van der Waals surface area contributed by atoms with E-state index in [-0.39, 0.29) is 11.3 Å². The molecule has 1 aliphatic heterocycles. The first kappa shape index (κ1) is 23.8. The van der Waals surface area contributed by atoms with Crippen LogP contribution in [0.1, 0.15) is 48.1 Å². The minimum Gasteiger partial charge on any atom is -0.507 e. The van der Waals surface area contributed by atoms with Gasteiger partial charge in [-0.05, 0) is 53.8 Å². The van der Waals surface area contributed by atoms with Crippen LogP contribution in [0.5, 0.6) is 5.75 Å². The Morgan fingerprint density at radius 1 is 1.06 bits per heavy atom. The van der Waals surface area contributed by atoms with Crippen LogP contribution >= 0.6 is 11.3 Å². The SMILES string of the molecule is COc1cccc(C(O)=C2C(=O)C(=O)N(c3nc4ccc(C)cc4s3)C2c2ccc(C(C)C)cc2)c1. The van der Waals surface area contributed by atoms with Crippen LogP contribution in [0.2, 0.25) is 0 Å². The number of fused-ring (bicyclic) bond motifs is 1. The maximum absolute atomic E-state index is 13.5. The lowest BCUT2D eigenvalue weighted by Gasteiger charge is -2.23. The summed E-state index contributed by atoms with van der Waals surface area (Å²) in [7, 11) is 1.53. The summed E-state index contributed by atoms with van der Waals surface area (Å²) in [5.74, 6) is -0.844. The molecule has 1 amide bonds. The molecular formula is C29H26N2O4S. The molecule has 1 atom stereocenters. The van der Waals surface area contributed by atoms with E-state index in [1.54, 1.807) is 24.3 Å². The number of hydrogen-bond donors (Lipinski definition) is 1. The first-order valence-corrected chi connectivity index (χ1v) is 12.5. The average Bonchev–Trinajstić information content (AvgIpc) is 3.41. The number of aryl methyl sites for hydroxylation is 1. The fraction of sp³-hybridized carbons (Fsp3) is 0.207. The van der Waals surface area contributed by atoms with E-state index < -0.39 is 17.7 Å². The molecule has 5 rings (SSSR count). The third-order valence-electron chi connectivity index (χ3n) is 6.45. The number of ether oxygens (including phenoxy) is 1. The Bertz CT molecular complexity index is 1520. The second-order valence-electron chi connectivity index (χ2n) is 9.19. The number of anilines is 1. The van der Waals surface area contributed by atoms with E-state index in [4.69, 9.17) is 4.74 Å². The number of carbonyl (C=O) groups excluding carboxylic acids is 2. The predicted octanol–water partition coefficient (Wildman–Crippen LogP) is 6.36. The molecule has 7 heteroatoms. The molecule has 182 valence electrons. The molecule has 1 aliphatic rings. The van der Waals surface area contributed by atoms with E-state index in [2.05, 4.69) is 18.8 Å². The van der Waals surface area contributed by atoms with Crippen LogP contribution in [-0.2, 0) is 9.59 Å². The molecular weight excluding hydrogens is 472 g/mol. The number of nitrogens with zero attached hydrogens (tertiary/aromatic N) is 2. The monoisotopic (exact) mass is 498 g/mol. The number of Topliss-reactive ketones (excluding diaryl/α,β-unsaturated/α-hetero) is 1. The van der Waals surface area contributed by atoms with Crippen LogP contribution in [0.15, 0.2) is 72.3 Å². The molecule has 3 aromatic carbocycles. The lowest BCUT2D eigenvalue weighted by atomic mass is 9.93. The van der Waals surface area contributed by atoms with Gasteiger partial charge in [0.15, 0.2) is 5.13 Å². The van der Waals surface area contributed by atoms with Crippen molar-refractivity contribution in [3.05, 3.63) is 94.6 Å².